The number of aromatic nitrogens is 2. The summed E-state index contributed by atoms with van der Waals surface area (Å²) in [7, 11) is 0. The van der Waals surface area contributed by atoms with E-state index in [-0.39, 0.29) is 12.2 Å². The number of nitrogens with two attached hydrogens (primary N) is 1. The molecule has 0 aliphatic heterocycles. The van der Waals surface area contributed by atoms with E-state index >= 15 is 0 Å². The maximum Gasteiger partial charge on any atom is 0.326 e. The van der Waals surface area contributed by atoms with Crippen molar-refractivity contribution in [3.05, 3.63) is 18.2 Å². The molecule has 9 N–H and O–H groups in total. The summed E-state index contributed by atoms with van der Waals surface area (Å²) < 4.78 is 0. The van der Waals surface area contributed by atoms with Crippen LogP contribution in [-0.2, 0) is 25.6 Å². The number of amides is 3. The highest BCUT2D eigenvalue weighted by atomic mass is 32.1. The summed E-state index contributed by atoms with van der Waals surface area (Å²) in [5, 5.41) is 34.5. The van der Waals surface area contributed by atoms with Gasteiger partial charge in [0, 0.05) is 24.1 Å². The predicted octanol–water partition coefficient (Wildman–Crippen LogP) is -4.27. The number of carboxylic acids is 1. The Kier molecular flexibility index (Phi) is 10.1. The zero-order chi connectivity index (χ0) is 22.0. The minimum absolute atomic E-state index is 0.000179. The monoisotopic (exact) mass is 432 g/mol. The second-order valence-electron chi connectivity index (χ2n) is 5.96. The van der Waals surface area contributed by atoms with E-state index in [1.807, 2.05) is 0 Å². The number of imidazole rings is 1. The molecule has 0 aliphatic rings. The number of hydrogen-bond acceptors (Lipinski definition) is 9. The first-order valence-corrected chi connectivity index (χ1v) is 9.06. The van der Waals surface area contributed by atoms with Gasteiger partial charge in [0.25, 0.3) is 0 Å². The Labute approximate surface area is 170 Å². The minimum Gasteiger partial charge on any atom is -0.480 e. The van der Waals surface area contributed by atoms with Crippen molar-refractivity contribution in [2.24, 2.45) is 5.73 Å². The number of nitrogens with zero attached hydrogens (tertiary/aromatic N) is 1. The molecule has 14 heteroatoms. The van der Waals surface area contributed by atoms with Crippen LogP contribution in [0.4, 0.5) is 0 Å². The number of hydrogen-bond donors (Lipinski definition) is 9. The van der Waals surface area contributed by atoms with Gasteiger partial charge in [-0.1, -0.05) is 0 Å². The Morgan fingerprint density at radius 2 is 1.55 bits per heavy atom. The lowest BCUT2D eigenvalue weighted by Crippen LogP contribution is -2.59. The second-order valence-corrected chi connectivity index (χ2v) is 6.32. The molecule has 3 amide bonds. The van der Waals surface area contributed by atoms with Crippen molar-refractivity contribution in [3.8, 4) is 0 Å². The Hall–Kier alpha value is -2.68. The number of aromatic amines is 1. The van der Waals surface area contributed by atoms with Crippen molar-refractivity contribution < 1.29 is 34.5 Å². The van der Waals surface area contributed by atoms with E-state index in [0.29, 0.717) is 5.69 Å². The molecule has 29 heavy (non-hydrogen) atoms. The number of aliphatic hydroxyl groups excluding tert-OH is 2. The molecule has 4 unspecified atom stereocenters. The average molecular weight is 432 g/mol. The number of carbonyl (C=O) groups is 4. The van der Waals surface area contributed by atoms with Crippen molar-refractivity contribution in [1.29, 1.82) is 0 Å². The summed E-state index contributed by atoms with van der Waals surface area (Å²) in [6.07, 6.45) is 2.62. The summed E-state index contributed by atoms with van der Waals surface area (Å²) in [6.45, 7) is -1.65. The van der Waals surface area contributed by atoms with Crippen molar-refractivity contribution >= 4 is 36.3 Å². The number of nitrogens with one attached hydrogen (secondary N) is 4. The van der Waals surface area contributed by atoms with Crippen LogP contribution in [0, 0.1) is 0 Å². The molecule has 0 saturated carbocycles. The summed E-state index contributed by atoms with van der Waals surface area (Å²) in [6, 6.07) is -5.32. The SMILES string of the molecule is NC(CS)C(=O)NC(CO)C(=O)NC(CO)C(=O)NC(Cc1cnc[nH]1)C(=O)O. The normalized spacial score (nSPS) is 14.9. The van der Waals surface area contributed by atoms with Gasteiger partial charge in [-0.05, 0) is 0 Å². The third-order valence-corrected chi connectivity index (χ3v) is 4.15. The quantitative estimate of drug-likeness (QED) is 0.146. The highest BCUT2D eigenvalue weighted by molar-refractivity contribution is 7.80. The molecule has 0 bridgehead atoms. The van der Waals surface area contributed by atoms with E-state index in [9.17, 15) is 34.5 Å². The molecule has 0 aliphatic carbocycles. The number of rotatable bonds is 12. The molecule has 0 aromatic carbocycles. The van der Waals surface area contributed by atoms with Crippen molar-refractivity contribution in [1.82, 2.24) is 25.9 Å². The molecule has 1 aromatic heterocycles. The molecule has 0 saturated heterocycles. The number of aliphatic hydroxyl groups is 2. The van der Waals surface area contributed by atoms with Gasteiger partial charge in [-0.15, -0.1) is 0 Å². The Morgan fingerprint density at radius 1 is 1.03 bits per heavy atom. The molecule has 1 rings (SSSR count). The van der Waals surface area contributed by atoms with Crippen molar-refractivity contribution in [2.45, 2.75) is 30.6 Å². The lowest BCUT2D eigenvalue weighted by atomic mass is 10.1. The van der Waals surface area contributed by atoms with E-state index in [1.54, 1.807) is 0 Å². The number of thiol groups is 1. The van der Waals surface area contributed by atoms with Crippen molar-refractivity contribution in [3.63, 3.8) is 0 Å². The number of carbonyl (C=O) groups excluding carboxylic acids is 3. The fourth-order valence-corrected chi connectivity index (χ4v) is 2.28. The molecule has 4 atom stereocenters. The molecule has 1 heterocycles. The first-order valence-electron chi connectivity index (χ1n) is 8.42. The largest absolute Gasteiger partial charge is 0.480 e. The molecular weight excluding hydrogens is 408 g/mol. The predicted molar refractivity (Wildman–Crippen MR) is 102 cm³/mol. The highest BCUT2D eigenvalue weighted by Gasteiger charge is 2.29. The molecule has 0 spiro atoms. The zero-order valence-corrected chi connectivity index (χ0v) is 16.1. The highest BCUT2D eigenvalue weighted by Crippen LogP contribution is 2.00. The van der Waals surface area contributed by atoms with Gasteiger partial charge < -0.3 is 42.0 Å². The van der Waals surface area contributed by atoms with Gasteiger partial charge in [0.2, 0.25) is 17.7 Å². The molecule has 13 nitrogen and oxygen atoms in total. The van der Waals surface area contributed by atoms with Gasteiger partial charge in [-0.25, -0.2) is 9.78 Å². The molecule has 162 valence electrons. The van der Waals surface area contributed by atoms with E-state index in [1.165, 1.54) is 12.5 Å². The fraction of sp³-hybridized carbons (Fsp3) is 0.533. The molecule has 0 radical (unpaired) electrons. The smallest absolute Gasteiger partial charge is 0.326 e. The van der Waals surface area contributed by atoms with Crippen LogP contribution in [0.25, 0.3) is 0 Å². The first-order chi connectivity index (χ1) is 13.7. The summed E-state index contributed by atoms with van der Waals surface area (Å²) in [5.74, 6) is -4.02. The average Bonchev–Trinajstić information content (AvgIpc) is 3.21. The Bertz CT molecular complexity index is 701. The third kappa shape index (κ3) is 7.69. The first kappa shape index (κ1) is 24.4. The van der Waals surface area contributed by atoms with Gasteiger partial charge in [0.15, 0.2) is 0 Å². The molecule has 1 aromatic rings. The topological polar surface area (TPSA) is 220 Å². The summed E-state index contributed by atoms with van der Waals surface area (Å²) in [4.78, 5) is 54.0. The minimum atomic E-state index is -1.52. The molecule has 0 fully saturated rings. The van der Waals surface area contributed by atoms with Crippen LogP contribution in [0.3, 0.4) is 0 Å². The van der Waals surface area contributed by atoms with Gasteiger partial charge in [0.1, 0.15) is 18.1 Å². The Balaban J connectivity index is 2.73. The summed E-state index contributed by atoms with van der Waals surface area (Å²) >= 11 is 3.85. The van der Waals surface area contributed by atoms with Crippen molar-refractivity contribution in [2.75, 3.05) is 19.0 Å². The number of H-pyrrole nitrogens is 1. The van der Waals surface area contributed by atoms with E-state index in [0.717, 1.165) is 0 Å². The van der Waals surface area contributed by atoms with Gasteiger partial charge >= 0.3 is 5.97 Å². The summed E-state index contributed by atoms with van der Waals surface area (Å²) in [5.41, 5.74) is 5.92. The lowest BCUT2D eigenvalue weighted by Gasteiger charge is -2.23. The fourth-order valence-electron chi connectivity index (χ4n) is 2.11. The maximum atomic E-state index is 12.3. The van der Waals surface area contributed by atoms with Crippen LogP contribution in [0.1, 0.15) is 5.69 Å². The van der Waals surface area contributed by atoms with Gasteiger partial charge in [0.05, 0.1) is 25.6 Å². The van der Waals surface area contributed by atoms with Gasteiger partial charge in [-0.2, -0.15) is 12.6 Å². The standard InChI is InChI=1S/C15H24N6O7S/c16-8(5-29)12(24)20-10(3-22)14(26)21-11(4-23)13(25)19-9(15(27)28)1-7-2-17-6-18-7/h2,6,8-11,22-23,29H,1,3-5,16H2,(H,17,18)(H,19,25)(H,20,24)(H,21,26)(H,27,28). The molecular formula is C15H24N6O7S. The van der Waals surface area contributed by atoms with E-state index < -0.39 is 61.1 Å². The Morgan fingerprint density at radius 3 is 1.97 bits per heavy atom. The van der Waals surface area contributed by atoms with Crippen LogP contribution < -0.4 is 21.7 Å². The zero-order valence-electron chi connectivity index (χ0n) is 15.2. The number of carboxylic acid groups (broad SMARTS) is 1. The van der Waals surface area contributed by atoms with E-state index in [4.69, 9.17) is 5.73 Å². The van der Waals surface area contributed by atoms with E-state index in [2.05, 4.69) is 38.5 Å². The second kappa shape index (κ2) is 12.0. The van der Waals surface area contributed by atoms with Crippen LogP contribution >= 0.6 is 12.6 Å². The van der Waals surface area contributed by atoms with Crippen LogP contribution in [0.15, 0.2) is 12.5 Å². The van der Waals surface area contributed by atoms with Gasteiger partial charge in [-0.3, -0.25) is 14.4 Å². The third-order valence-electron chi connectivity index (χ3n) is 3.76. The number of aliphatic carboxylic acids is 1. The van der Waals surface area contributed by atoms with Crippen LogP contribution in [-0.4, -0.2) is 92.1 Å². The maximum absolute atomic E-state index is 12.3. The van der Waals surface area contributed by atoms with Crippen LogP contribution in [0.2, 0.25) is 0 Å². The van der Waals surface area contributed by atoms with Crippen LogP contribution in [0.5, 0.6) is 0 Å². The lowest BCUT2D eigenvalue weighted by molar-refractivity contribution is -0.142.